The lowest BCUT2D eigenvalue weighted by Gasteiger charge is -2.30. The number of hydrogen-bond donors (Lipinski definition) is 1. The molecule has 0 saturated heterocycles. The van der Waals surface area contributed by atoms with Gasteiger partial charge in [0.25, 0.3) is 5.91 Å². The minimum atomic E-state index is -0.863. The second-order valence-electron chi connectivity index (χ2n) is 8.48. The third-order valence-electron chi connectivity index (χ3n) is 6.37. The number of aliphatic carboxylic acids is 1. The zero-order valence-electron chi connectivity index (χ0n) is 18.3. The van der Waals surface area contributed by atoms with E-state index in [2.05, 4.69) is 22.4 Å². The van der Waals surface area contributed by atoms with Crippen LogP contribution in [0.2, 0.25) is 0 Å². The molecule has 0 saturated carbocycles. The summed E-state index contributed by atoms with van der Waals surface area (Å²) in [6.07, 6.45) is 0.751. The Morgan fingerprint density at radius 3 is 2.55 bits per heavy atom. The SMILES string of the molecule is Cn1nnc2cc([C@H](CC(=O)O)c3ccc4c(c3)CN(C(=O)c3ccccc3)CC4)ccc21. The molecule has 166 valence electrons. The van der Waals surface area contributed by atoms with Crippen LogP contribution in [0.1, 0.15) is 45.0 Å². The molecule has 1 N–H and O–H groups in total. The van der Waals surface area contributed by atoms with Crippen LogP contribution >= 0.6 is 0 Å². The summed E-state index contributed by atoms with van der Waals surface area (Å²) >= 11 is 0. The smallest absolute Gasteiger partial charge is 0.304 e. The number of aryl methyl sites for hydroxylation is 1. The molecule has 2 heterocycles. The van der Waals surface area contributed by atoms with Gasteiger partial charge in [-0.1, -0.05) is 47.7 Å². The van der Waals surface area contributed by atoms with E-state index in [4.69, 9.17) is 0 Å². The van der Waals surface area contributed by atoms with Crippen LogP contribution in [0.4, 0.5) is 0 Å². The van der Waals surface area contributed by atoms with Crippen LogP contribution in [0.25, 0.3) is 11.0 Å². The van der Waals surface area contributed by atoms with Crippen LogP contribution in [-0.2, 0) is 24.8 Å². The van der Waals surface area contributed by atoms with Gasteiger partial charge in [0, 0.05) is 31.6 Å². The Kier molecular flexibility index (Phi) is 5.38. The van der Waals surface area contributed by atoms with Crippen molar-refractivity contribution in [2.24, 2.45) is 7.05 Å². The van der Waals surface area contributed by atoms with Gasteiger partial charge in [-0.25, -0.2) is 4.68 Å². The van der Waals surface area contributed by atoms with E-state index in [0.717, 1.165) is 34.1 Å². The molecule has 1 amide bonds. The van der Waals surface area contributed by atoms with E-state index in [-0.39, 0.29) is 18.2 Å². The zero-order valence-corrected chi connectivity index (χ0v) is 18.3. The van der Waals surface area contributed by atoms with E-state index in [9.17, 15) is 14.7 Å². The molecule has 5 rings (SSSR count). The first-order chi connectivity index (χ1) is 16.0. The Hall–Kier alpha value is -4.00. The Morgan fingerprint density at radius 1 is 1.00 bits per heavy atom. The van der Waals surface area contributed by atoms with E-state index in [1.807, 2.05) is 66.5 Å². The number of benzene rings is 3. The number of amides is 1. The van der Waals surface area contributed by atoms with Crippen molar-refractivity contribution in [3.63, 3.8) is 0 Å². The lowest BCUT2D eigenvalue weighted by atomic mass is 9.85. The van der Waals surface area contributed by atoms with Gasteiger partial charge in [0.05, 0.1) is 11.9 Å². The first-order valence-electron chi connectivity index (χ1n) is 11.0. The maximum absolute atomic E-state index is 13.0. The Labute approximate surface area is 191 Å². The highest BCUT2D eigenvalue weighted by Crippen LogP contribution is 2.32. The number of nitrogens with zero attached hydrogens (tertiary/aromatic N) is 4. The van der Waals surface area contributed by atoms with Crippen LogP contribution in [0, 0.1) is 0 Å². The summed E-state index contributed by atoms with van der Waals surface area (Å²) in [5, 5.41) is 17.9. The maximum atomic E-state index is 13.0. The van der Waals surface area contributed by atoms with E-state index in [0.29, 0.717) is 18.7 Å². The van der Waals surface area contributed by atoms with E-state index < -0.39 is 5.97 Å². The third kappa shape index (κ3) is 4.09. The molecule has 3 aromatic carbocycles. The van der Waals surface area contributed by atoms with Crippen LogP contribution in [0.3, 0.4) is 0 Å². The second kappa shape index (κ2) is 8.50. The Bertz CT molecular complexity index is 1350. The molecule has 4 aromatic rings. The highest BCUT2D eigenvalue weighted by molar-refractivity contribution is 5.94. The standard InChI is InChI=1S/C26H24N4O3/c1-29-24-10-9-20(14-23(24)27-28-29)22(15-25(31)32)19-8-7-17-11-12-30(16-21(17)13-19)26(33)18-5-3-2-4-6-18/h2-10,13-14,22H,11-12,15-16H2,1H3,(H,31,32)/t22-/m1/s1. The third-order valence-corrected chi connectivity index (χ3v) is 6.37. The molecule has 1 atom stereocenters. The summed E-state index contributed by atoms with van der Waals surface area (Å²) < 4.78 is 1.70. The predicted molar refractivity (Wildman–Crippen MR) is 124 cm³/mol. The fourth-order valence-corrected chi connectivity index (χ4v) is 4.61. The first-order valence-corrected chi connectivity index (χ1v) is 11.0. The van der Waals surface area contributed by atoms with Gasteiger partial charge < -0.3 is 10.0 Å². The van der Waals surface area contributed by atoms with Gasteiger partial charge in [-0.3, -0.25) is 9.59 Å². The quantitative estimate of drug-likeness (QED) is 0.510. The number of carboxylic acid groups (broad SMARTS) is 1. The molecule has 0 bridgehead atoms. The largest absolute Gasteiger partial charge is 0.481 e. The van der Waals surface area contributed by atoms with Gasteiger partial charge in [-0.15, -0.1) is 5.10 Å². The molecule has 0 spiro atoms. The van der Waals surface area contributed by atoms with Gasteiger partial charge in [-0.2, -0.15) is 0 Å². The van der Waals surface area contributed by atoms with Gasteiger partial charge in [0.1, 0.15) is 5.52 Å². The number of carboxylic acids is 1. The molecular formula is C26H24N4O3. The van der Waals surface area contributed by atoms with Crippen LogP contribution in [0.15, 0.2) is 66.7 Å². The van der Waals surface area contributed by atoms with Crippen LogP contribution < -0.4 is 0 Å². The highest BCUT2D eigenvalue weighted by atomic mass is 16.4. The van der Waals surface area contributed by atoms with Crippen molar-refractivity contribution in [2.45, 2.75) is 25.3 Å². The monoisotopic (exact) mass is 440 g/mol. The number of rotatable bonds is 5. The molecule has 0 fully saturated rings. The van der Waals surface area contributed by atoms with E-state index in [1.54, 1.807) is 4.68 Å². The Morgan fingerprint density at radius 2 is 1.76 bits per heavy atom. The van der Waals surface area contributed by atoms with Crippen molar-refractivity contribution >= 4 is 22.9 Å². The van der Waals surface area contributed by atoms with Crippen molar-refractivity contribution in [2.75, 3.05) is 6.54 Å². The fraction of sp³-hybridized carbons (Fsp3) is 0.231. The summed E-state index contributed by atoms with van der Waals surface area (Å²) in [7, 11) is 1.83. The lowest BCUT2D eigenvalue weighted by Crippen LogP contribution is -2.36. The summed E-state index contributed by atoms with van der Waals surface area (Å²) in [5.74, 6) is -1.17. The normalized spacial score (nSPS) is 14.2. The van der Waals surface area contributed by atoms with Crippen molar-refractivity contribution in [1.82, 2.24) is 19.9 Å². The second-order valence-corrected chi connectivity index (χ2v) is 8.48. The molecule has 7 heteroatoms. The van der Waals surface area contributed by atoms with Crippen LogP contribution in [-0.4, -0.2) is 43.4 Å². The van der Waals surface area contributed by atoms with E-state index in [1.165, 1.54) is 5.56 Å². The average molecular weight is 441 g/mol. The van der Waals surface area contributed by atoms with Crippen molar-refractivity contribution < 1.29 is 14.7 Å². The minimum absolute atomic E-state index is 0.0156. The molecule has 33 heavy (non-hydrogen) atoms. The van der Waals surface area contributed by atoms with Crippen molar-refractivity contribution in [1.29, 1.82) is 0 Å². The average Bonchev–Trinajstić information content (AvgIpc) is 3.21. The van der Waals surface area contributed by atoms with Gasteiger partial charge in [0.15, 0.2) is 0 Å². The molecule has 0 radical (unpaired) electrons. The summed E-state index contributed by atoms with van der Waals surface area (Å²) in [5.41, 5.74) is 6.40. The molecular weight excluding hydrogens is 416 g/mol. The van der Waals surface area contributed by atoms with Gasteiger partial charge in [-0.05, 0) is 52.9 Å². The van der Waals surface area contributed by atoms with E-state index >= 15 is 0 Å². The highest BCUT2D eigenvalue weighted by Gasteiger charge is 2.25. The first kappa shape index (κ1) is 20.9. The van der Waals surface area contributed by atoms with Crippen LogP contribution in [0.5, 0.6) is 0 Å². The molecule has 1 aliphatic heterocycles. The molecule has 1 aliphatic rings. The maximum Gasteiger partial charge on any atom is 0.304 e. The van der Waals surface area contributed by atoms with Gasteiger partial charge >= 0.3 is 5.97 Å². The molecule has 0 aliphatic carbocycles. The lowest BCUT2D eigenvalue weighted by molar-refractivity contribution is -0.137. The van der Waals surface area contributed by atoms with Crippen molar-refractivity contribution in [3.8, 4) is 0 Å². The molecule has 1 aromatic heterocycles. The summed E-state index contributed by atoms with van der Waals surface area (Å²) in [6.45, 7) is 1.18. The zero-order chi connectivity index (χ0) is 22.9. The number of aromatic nitrogens is 3. The fourth-order valence-electron chi connectivity index (χ4n) is 4.61. The number of carbonyl (C=O) groups is 2. The van der Waals surface area contributed by atoms with Crippen molar-refractivity contribution in [3.05, 3.63) is 94.5 Å². The molecule has 7 nitrogen and oxygen atoms in total. The summed E-state index contributed by atoms with van der Waals surface area (Å²) in [4.78, 5) is 26.5. The predicted octanol–water partition coefficient (Wildman–Crippen LogP) is 3.77. The minimum Gasteiger partial charge on any atom is -0.481 e. The number of fused-ring (bicyclic) bond motifs is 2. The summed E-state index contributed by atoms with van der Waals surface area (Å²) in [6, 6.07) is 21.3. The Balaban J connectivity index is 1.47. The topological polar surface area (TPSA) is 88.3 Å². The number of carbonyl (C=O) groups excluding carboxylic acids is 1. The van der Waals surface area contributed by atoms with Gasteiger partial charge in [0.2, 0.25) is 0 Å². The number of hydrogen-bond acceptors (Lipinski definition) is 4. The molecule has 0 unspecified atom stereocenters.